The fourth-order valence-electron chi connectivity index (χ4n) is 4.67. The lowest BCUT2D eigenvalue weighted by molar-refractivity contribution is -0.143. The number of sulfonamides is 1. The normalized spacial score (nSPS) is 11.7. The molecule has 0 saturated heterocycles. The second kappa shape index (κ2) is 15.0. The number of hydrogen-bond donors (Lipinski definition) is 2. The van der Waals surface area contributed by atoms with Crippen LogP contribution in [0.15, 0.2) is 139 Å². The predicted octanol–water partition coefficient (Wildman–Crippen LogP) is 5.49. The van der Waals surface area contributed by atoms with Crippen LogP contribution in [0, 0.1) is 5.82 Å². The van der Waals surface area contributed by atoms with E-state index in [1.807, 2.05) is 36.4 Å². The Balaban J connectivity index is 1.34. The molecule has 5 aromatic rings. The molecule has 2 amide bonds. The first-order valence-electron chi connectivity index (χ1n) is 14.3. The van der Waals surface area contributed by atoms with Crippen LogP contribution in [-0.4, -0.2) is 36.7 Å². The molecular formula is C35H31FN4O5S. The summed E-state index contributed by atoms with van der Waals surface area (Å²) in [5, 5.41) is 2.95. The second-order valence-electron chi connectivity index (χ2n) is 10.3. The van der Waals surface area contributed by atoms with E-state index in [0.29, 0.717) is 5.56 Å². The average molecular weight is 639 g/mol. The third-order valence-corrected chi connectivity index (χ3v) is 8.40. The maximum atomic E-state index is 13.8. The van der Waals surface area contributed by atoms with E-state index >= 15 is 0 Å². The van der Waals surface area contributed by atoms with Gasteiger partial charge in [0.15, 0.2) is 6.61 Å². The van der Waals surface area contributed by atoms with Crippen molar-refractivity contribution in [2.24, 2.45) is 0 Å². The van der Waals surface area contributed by atoms with Crippen LogP contribution in [0.1, 0.15) is 22.7 Å². The summed E-state index contributed by atoms with van der Waals surface area (Å²) in [6.45, 7) is -0.0228. The summed E-state index contributed by atoms with van der Waals surface area (Å²) < 4.78 is 47.0. The van der Waals surface area contributed by atoms with Crippen molar-refractivity contribution in [2.45, 2.75) is 24.0 Å². The molecule has 11 heteroatoms. The zero-order valence-corrected chi connectivity index (χ0v) is 25.4. The third-order valence-electron chi connectivity index (χ3n) is 7.00. The molecular weight excluding hydrogens is 607 g/mol. The molecule has 0 saturated carbocycles. The number of amides is 2. The Bertz CT molecular complexity index is 1840. The molecule has 0 aliphatic rings. The highest BCUT2D eigenvalue weighted by Gasteiger charge is 2.32. The van der Waals surface area contributed by atoms with E-state index in [1.165, 1.54) is 41.3 Å². The van der Waals surface area contributed by atoms with Crippen molar-refractivity contribution in [3.05, 3.63) is 156 Å². The summed E-state index contributed by atoms with van der Waals surface area (Å²) in [6.07, 6.45) is 3.28. The molecule has 0 bridgehead atoms. The number of anilines is 1. The van der Waals surface area contributed by atoms with E-state index in [0.717, 1.165) is 23.3 Å². The first-order chi connectivity index (χ1) is 22.3. The summed E-state index contributed by atoms with van der Waals surface area (Å²) in [7, 11) is -3.95. The second-order valence-corrected chi connectivity index (χ2v) is 11.9. The van der Waals surface area contributed by atoms with Crippen molar-refractivity contribution in [3.63, 3.8) is 0 Å². The molecule has 0 fully saturated rings. The van der Waals surface area contributed by atoms with Gasteiger partial charge in [-0.05, 0) is 77.4 Å². The number of hydrogen-bond acceptors (Lipinski definition) is 6. The monoisotopic (exact) mass is 638 g/mol. The summed E-state index contributed by atoms with van der Waals surface area (Å²) in [5.41, 5.74) is 2.52. The molecule has 1 aromatic heterocycles. The molecule has 5 rings (SSSR count). The smallest absolute Gasteiger partial charge is 0.261 e. The zero-order valence-electron chi connectivity index (χ0n) is 24.6. The van der Waals surface area contributed by atoms with Crippen molar-refractivity contribution < 1.29 is 27.1 Å². The molecule has 0 aliphatic heterocycles. The number of pyridine rings is 1. The standard InChI is InChI=1S/C35H31FN4O5S/c36-29-11-13-30(14-12-29)39-46(43,44)32-17-15-31(16-18-32)45-25-33(41)40(24-27-7-3-1-4-8-27)34(28-9-5-2-6-10-28)35(42)38-23-26-19-21-37-22-20-26/h1-22,34,39H,23-25H2,(H,38,42)/t34-/m0/s1. The summed E-state index contributed by atoms with van der Waals surface area (Å²) >= 11 is 0. The van der Waals surface area contributed by atoms with Crippen molar-refractivity contribution in [1.82, 2.24) is 15.2 Å². The van der Waals surface area contributed by atoms with Gasteiger partial charge in [-0.15, -0.1) is 0 Å². The number of benzene rings is 4. The van der Waals surface area contributed by atoms with Crippen LogP contribution in [-0.2, 0) is 32.7 Å². The Kier molecular flexibility index (Phi) is 10.4. The van der Waals surface area contributed by atoms with E-state index in [2.05, 4.69) is 15.0 Å². The predicted molar refractivity (Wildman–Crippen MR) is 171 cm³/mol. The van der Waals surface area contributed by atoms with Gasteiger partial charge in [-0.2, -0.15) is 0 Å². The lowest BCUT2D eigenvalue weighted by Gasteiger charge is -2.31. The fourth-order valence-corrected chi connectivity index (χ4v) is 5.73. The number of ether oxygens (including phenoxy) is 1. The van der Waals surface area contributed by atoms with E-state index < -0.39 is 34.4 Å². The summed E-state index contributed by atoms with van der Waals surface area (Å²) in [5.74, 6) is -1.05. The Labute approximate surface area is 266 Å². The van der Waals surface area contributed by atoms with Gasteiger partial charge in [0.25, 0.3) is 15.9 Å². The number of carbonyl (C=O) groups is 2. The first-order valence-corrected chi connectivity index (χ1v) is 15.8. The molecule has 0 spiro atoms. The molecule has 4 aromatic carbocycles. The van der Waals surface area contributed by atoms with Gasteiger partial charge in [0.05, 0.1) is 4.90 Å². The molecule has 46 heavy (non-hydrogen) atoms. The maximum absolute atomic E-state index is 13.8. The minimum atomic E-state index is -3.95. The van der Waals surface area contributed by atoms with Crippen molar-refractivity contribution in [3.8, 4) is 5.75 Å². The molecule has 1 heterocycles. The van der Waals surface area contributed by atoms with Crippen LogP contribution >= 0.6 is 0 Å². The fraction of sp³-hybridized carbons (Fsp3) is 0.114. The molecule has 1 atom stereocenters. The molecule has 0 unspecified atom stereocenters. The van der Waals surface area contributed by atoms with Crippen molar-refractivity contribution in [1.29, 1.82) is 0 Å². The van der Waals surface area contributed by atoms with E-state index in [4.69, 9.17) is 4.74 Å². The SMILES string of the molecule is O=C(NCc1ccncc1)[C@H](c1ccccc1)N(Cc1ccccc1)C(=O)COc1ccc(S(=O)(=O)Nc2ccc(F)cc2)cc1. The zero-order chi connectivity index (χ0) is 32.4. The van der Waals surface area contributed by atoms with Crippen LogP contribution in [0.3, 0.4) is 0 Å². The van der Waals surface area contributed by atoms with Gasteiger partial charge in [-0.1, -0.05) is 60.7 Å². The van der Waals surface area contributed by atoms with Gasteiger partial charge >= 0.3 is 0 Å². The number of carbonyl (C=O) groups excluding carboxylic acids is 2. The Morgan fingerprint density at radius 3 is 2.07 bits per heavy atom. The minimum Gasteiger partial charge on any atom is -0.484 e. The van der Waals surface area contributed by atoms with Gasteiger partial charge in [0.1, 0.15) is 17.6 Å². The molecule has 0 aliphatic carbocycles. The van der Waals surface area contributed by atoms with E-state index in [1.54, 1.807) is 48.8 Å². The highest BCUT2D eigenvalue weighted by atomic mass is 32.2. The topological polar surface area (TPSA) is 118 Å². The Morgan fingerprint density at radius 1 is 0.783 bits per heavy atom. The van der Waals surface area contributed by atoms with E-state index in [9.17, 15) is 22.4 Å². The lowest BCUT2D eigenvalue weighted by atomic mass is 10.0. The number of aromatic nitrogens is 1. The first kappa shape index (κ1) is 31.9. The molecule has 9 nitrogen and oxygen atoms in total. The average Bonchev–Trinajstić information content (AvgIpc) is 3.08. The van der Waals surface area contributed by atoms with Crippen molar-refractivity contribution in [2.75, 3.05) is 11.3 Å². The Morgan fingerprint density at radius 2 is 1.41 bits per heavy atom. The van der Waals surface area contributed by atoms with Crippen LogP contribution in [0.2, 0.25) is 0 Å². The number of nitrogens with zero attached hydrogens (tertiary/aromatic N) is 2. The quantitative estimate of drug-likeness (QED) is 0.176. The molecule has 234 valence electrons. The highest BCUT2D eigenvalue weighted by Crippen LogP contribution is 2.25. The third kappa shape index (κ3) is 8.54. The van der Waals surface area contributed by atoms with Gasteiger partial charge in [-0.3, -0.25) is 19.3 Å². The van der Waals surface area contributed by atoms with Gasteiger partial charge in [0, 0.05) is 31.2 Å². The molecule has 0 radical (unpaired) electrons. The number of nitrogens with one attached hydrogen (secondary N) is 2. The number of rotatable bonds is 13. The van der Waals surface area contributed by atoms with Crippen LogP contribution < -0.4 is 14.8 Å². The summed E-state index contributed by atoms with van der Waals surface area (Å²) in [4.78, 5) is 33.0. The maximum Gasteiger partial charge on any atom is 0.261 e. The minimum absolute atomic E-state index is 0.0452. The summed E-state index contributed by atoms with van der Waals surface area (Å²) in [6, 6.07) is 31.5. The number of halogens is 1. The lowest BCUT2D eigenvalue weighted by Crippen LogP contribution is -2.45. The highest BCUT2D eigenvalue weighted by molar-refractivity contribution is 7.92. The van der Waals surface area contributed by atoms with Crippen LogP contribution in [0.4, 0.5) is 10.1 Å². The molecule has 2 N–H and O–H groups in total. The largest absolute Gasteiger partial charge is 0.484 e. The van der Waals surface area contributed by atoms with Crippen LogP contribution in [0.5, 0.6) is 5.75 Å². The van der Waals surface area contributed by atoms with Crippen molar-refractivity contribution >= 4 is 27.5 Å². The van der Waals surface area contributed by atoms with Gasteiger partial charge in [-0.25, -0.2) is 12.8 Å². The van der Waals surface area contributed by atoms with Crippen LogP contribution in [0.25, 0.3) is 0 Å². The van der Waals surface area contributed by atoms with Gasteiger partial charge < -0.3 is 15.0 Å². The Hall–Kier alpha value is -5.55. The van der Waals surface area contributed by atoms with E-state index in [-0.39, 0.29) is 35.3 Å². The van der Waals surface area contributed by atoms with Gasteiger partial charge in [0.2, 0.25) is 5.91 Å².